The molecule has 1 unspecified atom stereocenters. The summed E-state index contributed by atoms with van der Waals surface area (Å²) < 4.78 is 29.3. The molecule has 0 fully saturated rings. The number of nitrogens with zero attached hydrogens (tertiary/aromatic N) is 1. The zero-order valence-electron chi connectivity index (χ0n) is 19.9. The first-order chi connectivity index (χ1) is 16.2. The van der Waals surface area contributed by atoms with E-state index in [1.165, 1.54) is 6.07 Å². The first kappa shape index (κ1) is 25.6. The molecule has 0 saturated carbocycles. The number of methoxy groups -OCH3 is 1. The summed E-state index contributed by atoms with van der Waals surface area (Å²) in [5.74, 6) is 0.709. The van der Waals surface area contributed by atoms with Crippen molar-refractivity contribution in [2.24, 2.45) is 5.14 Å². The van der Waals surface area contributed by atoms with Crippen LogP contribution in [-0.2, 0) is 23.0 Å². The number of ether oxygens (including phenoxy) is 1. The lowest BCUT2D eigenvalue weighted by Gasteiger charge is -2.29. The zero-order chi connectivity index (χ0) is 24.7. The van der Waals surface area contributed by atoms with E-state index >= 15 is 0 Å². The van der Waals surface area contributed by atoms with Crippen LogP contribution < -0.4 is 9.88 Å². The molecular weight excluding hydrogens is 448 g/mol. The van der Waals surface area contributed by atoms with Crippen molar-refractivity contribution in [3.8, 4) is 5.75 Å². The van der Waals surface area contributed by atoms with Crippen LogP contribution in [0, 0.1) is 6.92 Å². The van der Waals surface area contributed by atoms with Crippen molar-refractivity contribution >= 4 is 15.8 Å². The largest absolute Gasteiger partial charge is 0.496 e. The van der Waals surface area contributed by atoms with Gasteiger partial charge in [-0.15, -0.1) is 0 Å². The maximum Gasteiger partial charge on any atom is 0.238 e. The standard InChI is InChI=1S/C27H32N2O4S/c1-20-13-15-24(17-27(20)34(28,31)32)25(30)19-29(18-22-9-5-4-6-10-22)21(2)14-16-23-11-7-8-12-26(23)33-3/h4-13,15,17,21H,14,16,18-19H2,1-3H3,(H2,28,31,32). The maximum atomic E-state index is 13.2. The number of Topliss-reactive ketones (excluding diaryl/α,β-unsaturated/α-hetero) is 1. The van der Waals surface area contributed by atoms with E-state index in [9.17, 15) is 13.2 Å². The molecule has 0 amide bonds. The van der Waals surface area contributed by atoms with E-state index in [0.717, 1.165) is 29.7 Å². The SMILES string of the molecule is COc1ccccc1CCC(C)N(CC(=O)c1ccc(C)c(S(N)(=O)=O)c1)Cc1ccccc1. The molecule has 3 aromatic rings. The first-order valence-corrected chi connectivity index (χ1v) is 12.8. The monoisotopic (exact) mass is 480 g/mol. The van der Waals surface area contributed by atoms with Crippen LogP contribution in [-0.4, -0.2) is 38.8 Å². The molecule has 0 heterocycles. The minimum atomic E-state index is -3.91. The van der Waals surface area contributed by atoms with Crippen LogP contribution in [0.1, 0.15) is 40.4 Å². The summed E-state index contributed by atoms with van der Waals surface area (Å²) in [7, 11) is -2.24. The quantitative estimate of drug-likeness (QED) is 0.412. The van der Waals surface area contributed by atoms with Crippen LogP contribution >= 0.6 is 0 Å². The fraction of sp³-hybridized carbons (Fsp3) is 0.296. The van der Waals surface area contributed by atoms with Crippen LogP contribution in [0.4, 0.5) is 0 Å². The highest BCUT2D eigenvalue weighted by molar-refractivity contribution is 7.89. The second-order valence-electron chi connectivity index (χ2n) is 8.54. The number of carbonyl (C=O) groups excluding carboxylic acids is 1. The molecule has 6 nitrogen and oxygen atoms in total. The Kier molecular flexibility index (Phi) is 8.61. The van der Waals surface area contributed by atoms with Crippen molar-refractivity contribution in [2.45, 2.75) is 44.2 Å². The third-order valence-electron chi connectivity index (χ3n) is 6.04. The molecule has 0 saturated heterocycles. The predicted molar refractivity (Wildman–Crippen MR) is 135 cm³/mol. The fourth-order valence-corrected chi connectivity index (χ4v) is 4.81. The predicted octanol–water partition coefficient (Wildman–Crippen LogP) is 4.36. The van der Waals surface area contributed by atoms with Crippen molar-refractivity contribution in [1.29, 1.82) is 0 Å². The smallest absolute Gasteiger partial charge is 0.238 e. The molecule has 0 radical (unpaired) electrons. The Balaban J connectivity index is 1.81. The number of nitrogens with two attached hydrogens (primary N) is 1. The van der Waals surface area contributed by atoms with Crippen LogP contribution in [0.15, 0.2) is 77.7 Å². The van der Waals surface area contributed by atoms with Crippen LogP contribution in [0.2, 0.25) is 0 Å². The van der Waals surface area contributed by atoms with Gasteiger partial charge in [0.2, 0.25) is 10.0 Å². The van der Waals surface area contributed by atoms with E-state index < -0.39 is 10.0 Å². The number of hydrogen-bond acceptors (Lipinski definition) is 5. The lowest BCUT2D eigenvalue weighted by molar-refractivity contribution is 0.0884. The highest BCUT2D eigenvalue weighted by Crippen LogP contribution is 2.22. The average molecular weight is 481 g/mol. The molecule has 0 aliphatic carbocycles. The summed E-state index contributed by atoms with van der Waals surface area (Å²) in [4.78, 5) is 15.3. The normalized spacial score (nSPS) is 12.5. The van der Waals surface area contributed by atoms with Gasteiger partial charge in [-0.3, -0.25) is 9.69 Å². The summed E-state index contributed by atoms with van der Waals surface area (Å²) in [6.45, 7) is 4.54. The van der Waals surface area contributed by atoms with Crippen molar-refractivity contribution in [1.82, 2.24) is 4.90 Å². The van der Waals surface area contributed by atoms with Gasteiger partial charge < -0.3 is 4.74 Å². The number of sulfonamides is 1. The van der Waals surface area contributed by atoms with Crippen LogP contribution in [0.5, 0.6) is 5.75 Å². The second kappa shape index (κ2) is 11.4. The molecule has 0 aliphatic heterocycles. The van der Waals surface area contributed by atoms with Crippen LogP contribution in [0.3, 0.4) is 0 Å². The zero-order valence-corrected chi connectivity index (χ0v) is 20.7. The summed E-state index contributed by atoms with van der Waals surface area (Å²) in [5.41, 5.74) is 3.09. The number of aryl methyl sites for hydroxylation is 2. The van der Waals surface area contributed by atoms with Gasteiger partial charge in [0.05, 0.1) is 18.6 Å². The van der Waals surface area contributed by atoms with E-state index in [4.69, 9.17) is 9.88 Å². The Hall–Kier alpha value is -3.00. The Bertz CT molecular complexity index is 1230. The molecule has 0 aromatic heterocycles. The summed E-state index contributed by atoms with van der Waals surface area (Å²) in [6.07, 6.45) is 1.64. The van der Waals surface area contributed by atoms with Gasteiger partial charge in [0, 0.05) is 18.2 Å². The molecular formula is C27H32N2O4S. The minimum absolute atomic E-state index is 0.0165. The molecule has 0 bridgehead atoms. The highest BCUT2D eigenvalue weighted by atomic mass is 32.2. The van der Waals surface area contributed by atoms with Gasteiger partial charge in [-0.05, 0) is 55.5 Å². The minimum Gasteiger partial charge on any atom is -0.496 e. The number of rotatable bonds is 11. The maximum absolute atomic E-state index is 13.2. The summed E-state index contributed by atoms with van der Waals surface area (Å²) >= 11 is 0. The molecule has 180 valence electrons. The van der Waals surface area contributed by atoms with E-state index in [-0.39, 0.29) is 23.3 Å². The van der Waals surface area contributed by atoms with Crippen molar-refractivity contribution in [2.75, 3.05) is 13.7 Å². The number of ketones is 1. The van der Waals surface area contributed by atoms with Gasteiger partial charge in [-0.1, -0.05) is 60.7 Å². The molecule has 7 heteroatoms. The lowest BCUT2D eigenvalue weighted by atomic mass is 10.0. The van der Waals surface area contributed by atoms with Gasteiger partial charge in [0.1, 0.15) is 5.75 Å². The van der Waals surface area contributed by atoms with Crippen molar-refractivity contribution in [3.63, 3.8) is 0 Å². The van der Waals surface area contributed by atoms with E-state index in [1.807, 2.05) is 48.5 Å². The first-order valence-electron chi connectivity index (χ1n) is 11.3. The number of primary sulfonamides is 1. The molecule has 34 heavy (non-hydrogen) atoms. The van der Waals surface area contributed by atoms with Crippen molar-refractivity contribution in [3.05, 3.63) is 95.1 Å². The van der Waals surface area contributed by atoms with E-state index in [1.54, 1.807) is 26.2 Å². The Labute approximate surface area is 202 Å². The van der Waals surface area contributed by atoms with Gasteiger partial charge in [-0.2, -0.15) is 0 Å². The van der Waals surface area contributed by atoms with Gasteiger partial charge in [0.15, 0.2) is 5.78 Å². The van der Waals surface area contributed by atoms with Crippen LogP contribution in [0.25, 0.3) is 0 Å². The summed E-state index contributed by atoms with van der Waals surface area (Å²) in [5, 5.41) is 5.34. The molecule has 1 atom stereocenters. The Morgan fingerprint density at radius 3 is 2.38 bits per heavy atom. The van der Waals surface area contributed by atoms with Gasteiger partial charge in [0.25, 0.3) is 0 Å². The lowest BCUT2D eigenvalue weighted by Crippen LogP contribution is -2.37. The van der Waals surface area contributed by atoms with E-state index in [0.29, 0.717) is 17.7 Å². The third kappa shape index (κ3) is 6.76. The molecule has 0 aliphatic rings. The number of hydrogen-bond donors (Lipinski definition) is 1. The van der Waals surface area contributed by atoms with Gasteiger partial charge in [-0.25, -0.2) is 13.6 Å². The molecule has 3 aromatic carbocycles. The van der Waals surface area contributed by atoms with Gasteiger partial charge >= 0.3 is 0 Å². The molecule has 0 spiro atoms. The van der Waals surface area contributed by atoms with E-state index in [2.05, 4.69) is 17.9 Å². The Morgan fingerprint density at radius 2 is 1.71 bits per heavy atom. The number of carbonyl (C=O) groups is 1. The Morgan fingerprint density at radius 1 is 1.03 bits per heavy atom. The topological polar surface area (TPSA) is 89.7 Å². The average Bonchev–Trinajstić information content (AvgIpc) is 2.82. The highest BCUT2D eigenvalue weighted by Gasteiger charge is 2.21. The van der Waals surface area contributed by atoms with Crippen molar-refractivity contribution < 1.29 is 17.9 Å². The molecule has 3 rings (SSSR count). The molecule has 2 N–H and O–H groups in total. The fourth-order valence-electron chi connectivity index (χ4n) is 4.00. The summed E-state index contributed by atoms with van der Waals surface area (Å²) in [6, 6.07) is 22.7. The number of benzene rings is 3. The third-order valence-corrected chi connectivity index (χ3v) is 7.09. The second-order valence-corrected chi connectivity index (χ2v) is 10.1. The number of para-hydroxylation sites is 1.